The van der Waals surface area contributed by atoms with Crippen molar-refractivity contribution in [3.63, 3.8) is 0 Å². The molecule has 122 valence electrons. The van der Waals surface area contributed by atoms with E-state index in [0.717, 1.165) is 5.56 Å². The Morgan fingerprint density at radius 2 is 2.12 bits per heavy atom. The van der Waals surface area contributed by atoms with Crippen LogP contribution in [0.25, 0.3) is 11.1 Å². The standard InChI is InChI=1S/C17H13ClN2O4/c1-10-12(18)3-2-4-13(10)20-16(21)8-23-17(22)11-5-6-15-14(7-11)19-9-24-15/h2-7,9H,8H2,1H3,(H,20,21). The Labute approximate surface area is 142 Å². The quantitative estimate of drug-likeness (QED) is 0.731. The summed E-state index contributed by atoms with van der Waals surface area (Å²) in [7, 11) is 0. The third kappa shape index (κ3) is 3.38. The van der Waals surface area contributed by atoms with E-state index in [-0.39, 0.29) is 0 Å². The topological polar surface area (TPSA) is 81.4 Å². The maximum atomic E-state index is 12.0. The maximum absolute atomic E-state index is 12.0. The number of ether oxygens (including phenoxy) is 1. The number of halogens is 1. The number of carbonyl (C=O) groups excluding carboxylic acids is 2. The zero-order chi connectivity index (χ0) is 17.1. The Balaban J connectivity index is 1.61. The first-order valence-electron chi connectivity index (χ1n) is 7.10. The van der Waals surface area contributed by atoms with E-state index in [1.807, 2.05) is 0 Å². The average molecular weight is 345 g/mol. The molecule has 0 radical (unpaired) electrons. The molecule has 0 fully saturated rings. The molecule has 0 saturated heterocycles. The fourth-order valence-electron chi connectivity index (χ4n) is 2.13. The monoisotopic (exact) mass is 344 g/mol. The second-order valence-corrected chi connectivity index (χ2v) is 5.48. The minimum Gasteiger partial charge on any atom is -0.452 e. The molecule has 3 aromatic rings. The highest BCUT2D eigenvalue weighted by Gasteiger charge is 2.13. The molecular formula is C17H13ClN2O4. The number of carbonyl (C=O) groups is 2. The summed E-state index contributed by atoms with van der Waals surface area (Å²) in [4.78, 5) is 27.9. The van der Waals surface area contributed by atoms with Crippen molar-refractivity contribution < 1.29 is 18.7 Å². The summed E-state index contributed by atoms with van der Waals surface area (Å²) < 4.78 is 10.1. The van der Waals surface area contributed by atoms with Gasteiger partial charge in [0.05, 0.1) is 5.56 Å². The molecule has 1 aromatic heterocycles. The van der Waals surface area contributed by atoms with Gasteiger partial charge in [-0.3, -0.25) is 4.79 Å². The molecule has 0 bridgehead atoms. The van der Waals surface area contributed by atoms with Gasteiger partial charge in [-0.05, 0) is 42.8 Å². The smallest absolute Gasteiger partial charge is 0.338 e. The Bertz CT molecular complexity index is 920. The van der Waals surface area contributed by atoms with Crippen LogP contribution < -0.4 is 5.32 Å². The van der Waals surface area contributed by atoms with E-state index < -0.39 is 18.5 Å². The van der Waals surface area contributed by atoms with E-state index in [9.17, 15) is 9.59 Å². The number of fused-ring (bicyclic) bond motifs is 1. The van der Waals surface area contributed by atoms with E-state index in [1.54, 1.807) is 43.3 Å². The lowest BCUT2D eigenvalue weighted by Crippen LogP contribution is -2.21. The lowest BCUT2D eigenvalue weighted by atomic mass is 10.2. The summed E-state index contributed by atoms with van der Waals surface area (Å²) in [6.07, 6.45) is 1.29. The Morgan fingerprint density at radius 3 is 2.96 bits per heavy atom. The highest BCUT2D eigenvalue weighted by Crippen LogP contribution is 2.22. The van der Waals surface area contributed by atoms with Crippen molar-refractivity contribution >= 4 is 40.3 Å². The number of hydrogen-bond acceptors (Lipinski definition) is 5. The Kier molecular flexibility index (Phi) is 4.48. The van der Waals surface area contributed by atoms with Crippen LogP contribution in [0.2, 0.25) is 5.02 Å². The summed E-state index contributed by atoms with van der Waals surface area (Å²) in [5.74, 6) is -1.06. The Hall–Kier alpha value is -2.86. The average Bonchev–Trinajstić information content (AvgIpc) is 3.04. The summed E-state index contributed by atoms with van der Waals surface area (Å²) in [6, 6.07) is 9.89. The van der Waals surface area contributed by atoms with Crippen LogP contribution in [0.5, 0.6) is 0 Å². The molecule has 0 aliphatic carbocycles. The van der Waals surface area contributed by atoms with Crippen molar-refractivity contribution in [2.45, 2.75) is 6.92 Å². The minimum atomic E-state index is -0.613. The molecular weight excluding hydrogens is 332 g/mol. The van der Waals surface area contributed by atoms with Crippen molar-refractivity contribution in [2.24, 2.45) is 0 Å². The summed E-state index contributed by atoms with van der Waals surface area (Å²) in [6.45, 7) is 1.39. The van der Waals surface area contributed by atoms with Gasteiger partial charge in [0.1, 0.15) is 5.52 Å². The highest BCUT2D eigenvalue weighted by molar-refractivity contribution is 6.31. The van der Waals surface area contributed by atoms with Crippen LogP contribution in [0.1, 0.15) is 15.9 Å². The molecule has 6 nitrogen and oxygen atoms in total. The largest absolute Gasteiger partial charge is 0.452 e. The van der Waals surface area contributed by atoms with E-state index in [4.69, 9.17) is 20.8 Å². The van der Waals surface area contributed by atoms with Gasteiger partial charge in [0.15, 0.2) is 18.6 Å². The number of anilines is 1. The van der Waals surface area contributed by atoms with Gasteiger partial charge in [0.2, 0.25) is 0 Å². The van der Waals surface area contributed by atoms with Gasteiger partial charge in [-0.15, -0.1) is 0 Å². The molecule has 7 heteroatoms. The molecule has 0 atom stereocenters. The molecule has 0 saturated carbocycles. The van der Waals surface area contributed by atoms with Gasteiger partial charge < -0.3 is 14.5 Å². The predicted molar refractivity (Wildman–Crippen MR) is 89.1 cm³/mol. The van der Waals surface area contributed by atoms with Gasteiger partial charge in [-0.2, -0.15) is 0 Å². The lowest BCUT2D eigenvalue weighted by molar-refractivity contribution is -0.119. The third-order valence-electron chi connectivity index (χ3n) is 3.44. The van der Waals surface area contributed by atoms with Crippen LogP contribution in [-0.4, -0.2) is 23.5 Å². The van der Waals surface area contributed by atoms with E-state index in [0.29, 0.717) is 27.4 Å². The van der Waals surface area contributed by atoms with Gasteiger partial charge in [-0.1, -0.05) is 17.7 Å². The van der Waals surface area contributed by atoms with Crippen molar-refractivity contribution in [1.82, 2.24) is 4.98 Å². The van der Waals surface area contributed by atoms with Crippen LogP contribution in [-0.2, 0) is 9.53 Å². The summed E-state index contributed by atoms with van der Waals surface area (Å²) in [5, 5.41) is 3.20. The number of rotatable bonds is 4. The van der Waals surface area contributed by atoms with Gasteiger partial charge in [0.25, 0.3) is 5.91 Å². The number of amides is 1. The molecule has 0 aliphatic heterocycles. The van der Waals surface area contributed by atoms with Crippen molar-refractivity contribution in [3.8, 4) is 0 Å². The van der Waals surface area contributed by atoms with Crippen LogP contribution in [0.3, 0.4) is 0 Å². The number of nitrogens with zero attached hydrogens (tertiary/aromatic N) is 1. The Morgan fingerprint density at radius 1 is 1.29 bits per heavy atom. The SMILES string of the molecule is Cc1c(Cl)cccc1NC(=O)COC(=O)c1ccc2ocnc2c1. The fourth-order valence-corrected chi connectivity index (χ4v) is 2.30. The summed E-state index contributed by atoms with van der Waals surface area (Å²) >= 11 is 5.99. The lowest BCUT2D eigenvalue weighted by Gasteiger charge is -2.10. The number of hydrogen-bond donors (Lipinski definition) is 1. The molecule has 0 spiro atoms. The second kappa shape index (κ2) is 6.72. The second-order valence-electron chi connectivity index (χ2n) is 5.07. The number of oxazole rings is 1. The van der Waals surface area contributed by atoms with Crippen LogP contribution >= 0.6 is 11.6 Å². The molecule has 0 aliphatic rings. The zero-order valence-electron chi connectivity index (χ0n) is 12.7. The van der Waals surface area contributed by atoms with Gasteiger partial charge in [-0.25, -0.2) is 9.78 Å². The number of esters is 1. The van der Waals surface area contributed by atoms with Gasteiger partial charge >= 0.3 is 5.97 Å². The first-order valence-corrected chi connectivity index (χ1v) is 7.48. The molecule has 1 N–H and O–H groups in total. The molecule has 1 amide bonds. The minimum absolute atomic E-state index is 0.295. The predicted octanol–water partition coefficient (Wildman–Crippen LogP) is 3.59. The molecule has 3 rings (SSSR count). The van der Waals surface area contributed by atoms with Gasteiger partial charge in [0, 0.05) is 10.7 Å². The molecule has 24 heavy (non-hydrogen) atoms. The molecule has 2 aromatic carbocycles. The fraction of sp³-hybridized carbons (Fsp3) is 0.118. The molecule has 1 heterocycles. The van der Waals surface area contributed by atoms with Crippen molar-refractivity contribution in [3.05, 3.63) is 58.9 Å². The zero-order valence-corrected chi connectivity index (χ0v) is 13.5. The normalized spacial score (nSPS) is 10.6. The van der Waals surface area contributed by atoms with E-state index in [2.05, 4.69) is 10.3 Å². The van der Waals surface area contributed by atoms with E-state index >= 15 is 0 Å². The summed E-state index contributed by atoms with van der Waals surface area (Å²) in [5.41, 5.74) is 2.73. The number of benzene rings is 2. The number of aromatic nitrogens is 1. The third-order valence-corrected chi connectivity index (χ3v) is 3.85. The first kappa shape index (κ1) is 16.0. The maximum Gasteiger partial charge on any atom is 0.338 e. The first-order chi connectivity index (χ1) is 11.5. The molecule has 0 unspecified atom stereocenters. The van der Waals surface area contributed by atoms with E-state index in [1.165, 1.54) is 6.39 Å². The number of nitrogens with one attached hydrogen (secondary N) is 1. The van der Waals surface area contributed by atoms with Crippen LogP contribution in [0.15, 0.2) is 47.2 Å². The van der Waals surface area contributed by atoms with Crippen molar-refractivity contribution in [1.29, 1.82) is 0 Å². The van der Waals surface area contributed by atoms with Crippen LogP contribution in [0.4, 0.5) is 5.69 Å². The van der Waals surface area contributed by atoms with Crippen LogP contribution in [0, 0.1) is 6.92 Å². The highest BCUT2D eigenvalue weighted by atomic mass is 35.5. The van der Waals surface area contributed by atoms with Crippen molar-refractivity contribution in [2.75, 3.05) is 11.9 Å².